The van der Waals surface area contributed by atoms with Crippen LogP contribution in [0.2, 0.25) is 0 Å². The fourth-order valence-corrected chi connectivity index (χ4v) is 3.04. The van der Waals surface area contributed by atoms with Gasteiger partial charge in [-0.2, -0.15) is 4.40 Å². The molecule has 0 amide bonds. The predicted molar refractivity (Wildman–Crippen MR) is 88.5 cm³/mol. The van der Waals surface area contributed by atoms with Crippen molar-refractivity contribution in [3.63, 3.8) is 0 Å². The second kappa shape index (κ2) is 5.44. The van der Waals surface area contributed by atoms with E-state index in [1.165, 1.54) is 0 Å². The molecule has 5 heteroatoms. The summed E-state index contributed by atoms with van der Waals surface area (Å²) in [4.78, 5) is 3.43. The molecule has 0 aliphatic carbocycles. The zero-order chi connectivity index (χ0) is 15.8. The van der Waals surface area contributed by atoms with Crippen molar-refractivity contribution in [3.05, 3.63) is 54.7 Å². The topological polar surface area (TPSA) is 54.3 Å². The van der Waals surface area contributed by atoms with Crippen LogP contribution in [0.3, 0.4) is 0 Å². The molecule has 0 atom stereocenters. The van der Waals surface area contributed by atoms with E-state index in [-0.39, 0.29) is 6.61 Å². The van der Waals surface area contributed by atoms with E-state index in [1.807, 2.05) is 36.4 Å². The Balaban J connectivity index is 1.95. The number of aliphatic hydroxyl groups excluding tert-OH is 1. The Kier molecular flexibility index (Phi) is 3.28. The van der Waals surface area contributed by atoms with Crippen LogP contribution < -0.4 is 9.14 Å². The Bertz CT molecular complexity index is 967. The highest BCUT2D eigenvalue weighted by Crippen LogP contribution is 2.24. The molecule has 0 bridgehead atoms. The van der Waals surface area contributed by atoms with E-state index in [1.54, 1.807) is 7.11 Å². The van der Waals surface area contributed by atoms with Gasteiger partial charge in [-0.25, -0.2) is 9.55 Å². The van der Waals surface area contributed by atoms with Crippen molar-refractivity contribution >= 4 is 16.8 Å². The third-order valence-corrected chi connectivity index (χ3v) is 4.15. The highest BCUT2D eigenvalue weighted by atomic mass is 16.5. The number of ether oxygens (including phenoxy) is 1. The van der Waals surface area contributed by atoms with Crippen LogP contribution in [0.5, 0.6) is 5.75 Å². The van der Waals surface area contributed by atoms with Gasteiger partial charge in [0.05, 0.1) is 20.3 Å². The minimum atomic E-state index is 0.0862. The van der Waals surface area contributed by atoms with Gasteiger partial charge in [-0.3, -0.25) is 0 Å². The minimum absolute atomic E-state index is 0.0862. The van der Waals surface area contributed by atoms with E-state index in [0.717, 1.165) is 33.8 Å². The highest BCUT2D eigenvalue weighted by molar-refractivity contribution is 5.74. The van der Waals surface area contributed by atoms with Crippen LogP contribution in [0.1, 0.15) is 0 Å². The van der Waals surface area contributed by atoms with Crippen molar-refractivity contribution in [3.8, 4) is 17.0 Å². The molecule has 0 fully saturated rings. The molecule has 4 rings (SSSR count). The maximum Gasteiger partial charge on any atom is 0.368 e. The number of fused-ring (bicyclic) bond motifs is 3. The normalized spacial score (nSPS) is 11.4. The van der Waals surface area contributed by atoms with Gasteiger partial charge in [0.1, 0.15) is 28.7 Å². The van der Waals surface area contributed by atoms with Crippen molar-refractivity contribution in [1.82, 2.24) is 9.55 Å². The summed E-state index contributed by atoms with van der Waals surface area (Å²) in [5.74, 6) is 1.80. The molecule has 2 aromatic carbocycles. The fourth-order valence-electron chi connectivity index (χ4n) is 3.04. The molecule has 2 N–H and O–H groups in total. The highest BCUT2D eigenvalue weighted by Gasteiger charge is 2.21. The van der Waals surface area contributed by atoms with Crippen molar-refractivity contribution in [2.24, 2.45) is 0 Å². The Morgan fingerprint density at radius 2 is 1.91 bits per heavy atom. The number of aromatic amines is 1. The number of nitrogens with one attached hydrogen (secondary N) is 1. The van der Waals surface area contributed by atoms with Gasteiger partial charge in [-0.1, -0.05) is 12.1 Å². The van der Waals surface area contributed by atoms with E-state index in [4.69, 9.17) is 4.74 Å². The molecular formula is C18H18N3O2+. The summed E-state index contributed by atoms with van der Waals surface area (Å²) in [5.41, 5.74) is 4.34. The maximum atomic E-state index is 9.46. The fraction of sp³-hybridized carbons (Fsp3) is 0.167. The molecule has 4 aromatic rings. The van der Waals surface area contributed by atoms with Gasteiger partial charge in [0.15, 0.2) is 0 Å². The predicted octanol–water partition coefficient (Wildman–Crippen LogP) is 2.38. The average Bonchev–Trinajstić information content (AvgIpc) is 3.12. The Labute approximate surface area is 133 Å². The third kappa shape index (κ3) is 2.17. The number of methoxy groups -OCH3 is 1. The average molecular weight is 308 g/mol. The van der Waals surface area contributed by atoms with Crippen molar-refractivity contribution in [2.45, 2.75) is 6.54 Å². The molecule has 0 unspecified atom stereocenters. The number of hydrogen-bond donors (Lipinski definition) is 2. The zero-order valence-electron chi connectivity index (χ0n) is 12.9. The van der Waals surface area contributed by atoms with Crippen LogP contribution in [0.25, 0.3) is 28.1 Å². The lowest BCUT2D eigenvalue weighted by atomic mass is 10.1. The van der Waals surface area contributed by atoms with Gasteiger partial charge >= 0.3 is 5.78 Å². The number of H-pyrrole nitrogens is 1. The molecule has 0 saturated carbocycles. The SMILES string of the molecule is COc1ccc(-c2c[n+]3c4ccccc4[nH]c3n2CCO)cc1. The number of rotatable bonds is 4. The van der Waals surface area contributed by atoms with E-state index >= 15 is 0 Å². The first-order valence-electron chi connectivity index (χ1n) is 7.58. The number of aromatic nitrogens is 3. The molecule has 116 valence electrons. The largest absolute Gasteiger partial charge is 0.497 e. The Morgan fingerprint density at radius 3 is 2.65 bits per heavy atom. The first kappa shape index (κ1) is 13.8. The first-order chi connectivity index (χ1) is 11.3. The third-order valence-electron chi connectivity index (χ3n) is 4.15. The summed E-state index contributed by atoms with van der Waals surface area (Å²) in [5, 5.41) is 9.46. The van der Waals surface area contributed by atoms with Crippen LogP contribution in [0.4, 0.5) is 0 Å². The number of para-hydroxylation sites is 2. The van der Waals surface area contributed by atoms with Crippen molar-refractivity contribution < 1.29 is 14.2 Å². The van der Waals surface area contributed by atoms with E-state index in [9.17, 15) is 5.11 Å². The Hall–Kier alpha value is -2.79. The molecule has 0 radical (unpaired) electrons. The first-order valence-corrected chi connectivity index (χ1v) is 7.58. The lowest BCUT2D eigenvalue weighted by Crippen LogP contribution is -2.17. The molecule has 2 aromatic heterocycles. The lowest BCUT2D eigenvalue weighted by molar-refractivity contribution is -0.479. The molecular weight excluding hydrogens is 290 g/mol. The second-order valence-electron chi connectivity index (χ2n) is 5.45. The van der Waals surface area contributed by atoms with Gasteiger partial charge < -0.3 is 9.84 Å². The molecule has 0 aliphatic rings. The minimum Gasteiger partial charge on any atom is -0.497 e. The van der Waals surface area contributed by atoms with E-state index < -0.39 is 0 Å². The van der Waals surface area contributed by atoms with Gasteiger partial charge in [0, 0.05) is 5.56 Å². The number of nitrogens with zero attached hydrogens (tertiary/aromatic N) is 2. The van der Waals surface area contributed by atoms with Gasteiger partial charge in [-0.15, -0.1) is 0 Å². The van der Waals surface area contributed by atoms with Crippen LogP contribution in [0.15, 0.2) is 54.7 Å². The Morgan fingerprint density at radius 1 is 1.13 bits per heavy atom. The van der Waals surface area contributed by atoms with Gasteiger partial charge in [0.2, 0.25) is 0 Å². The quantitative estimate of drug-likeness (QED) is 0.569. The second-order valence-corrected chi connectivity index (χ2v) is 5.45. The van der Waals surface area contributed by atoms with Crippen LogP contribution >= 0.6 is 0 Å². The molecule has 0 saturated heterocycles. The smallest absolute Gasteiger partial charge is 0.368 e. The summed E-state index contributed by atoms with van der Waals surface area (Å²) < 4.78 is 9.45. The summed E-state index contributed by atoms with van der Waals surface area (Å²) in [6.07, 6.45) is 2.10. The molecule has 0 aliphatic heterocycles. The lowest BCUT2D eigenvalue weighted by Gasteiger charge is -2.03. The summed E-state index contributed by atoms with van der Waals surface area (Å²) in [6, 6.07) is 16.1. The number of benzene rings is 2. The zero-order valence-corrected chi connectivity index (χ0v) is 12.9. The summed E-state index contributed by atoms with van der Waals surface area (Å²) >= 11 is 0. The van der Waals surface area contributed by atoms with Gasteiger partial charge in [-0.05, 0) is 36.4 Å². The summed E-state index contributed by atoms with van der Waals surface area (Å²) in [6.45, 7) is 0.619. The molecule has 23 heavy (non-hydrogen) atoms. The van der Waals surface area contributed by atoms with E-state index in [2.05, 4.69) is 32.3 Å². The van der Waals surface area contributed by atoms with Crippen LogP contribution in [0, 0.1) is 0 Å². The monoisotopic (exact) mass is 308 g/mol. The number of hydrogen-bond acceptors (Lipinski definition) is 2. The number of aliphatic hydroxyl groups is 1. The van der Waals surface area contributed by atoms with Crippen molar-refractivity contribution in [2.75, 3.05) is 13.7 Å². The van der Waals surface area contributed by atoms with Crippen LogP contribution in [-0.4, -0.2) is 28.4 Å². The number of imidazole rings is 2. The van der Waals surface area contributed by atoms with Crippen molar-refractivity contribution in [1.29, 1.82) is 0 Å². The molecule has 5 nitrogen and oxygen atoms in total. The van der Waals surface area contributed by atoms with E-state index in [0.29, 0.717) is 6.54 Å². The van der Waals surface area contributed by atoms with Gasteiger partial charge in [0.25, 0.3) is 0 Å². The maximum absolute atomic E-state index is 9.46. The molecule has 0 spiro atoms. The standard InChI is InChI=1S/C18H17N3O2/c1-23-14-8-6-13(7-9-14)17-12-21-16-5-3-2-4-15(16)19-18(21)20(17)10-11-22/h2-9,12,22H,10-11H2,1H3/p+1. The summed E-state index contributed by atoms with van der Waals surface area (Å²) in [7, 11) is 1.66. The molecule has 2 heterocycles. The van der Waals surface area contributed by atoms with Crippen LogP contribution in [-0.2, 0) is 6.54 Å².